The quantitative estimate of drug-likeness (QED) is 0.841. The van der Waals surface area contributed by atoms with E-state index in [1.165, 1.54) is 18.2 Å². The highest BCUT2D eigenvalue weighted by Gasteiger charge is 2.01. The highest BCUT2D eigenvalue weighted by atomic mass is 16.5. The minimum absolute atomic E-state index is 0.0578. The zero-order valence-corrected chi connectivity index (χ0v) is 11.3. The molecule has 2 N–H and O–H groups in total. The van der Waals surface area contributed by atoms with Crippen molar-refractivity contribution < 1.29 is 19.7 Å². The number of hydrogen-bond acceptors (Lipinski definition) is 4. The summed E-state index contributed by atoms with van der Waals surface area (Å²) in [5, 5.41) is 17.8. The van der Waals surface area contributed by atoms with Gasteiger partial charge >= 0.3 is 0 Å². The van der Waals surface area contributed by atoms with Crippen LogP contribution in [0.2, 0.25) is 0 Å². The van der Waals surface area contributed by atoms with Gasteiger partial charge in [-0.05, 0) is 30.7 Å². The lowest BCUT2D eigenvalue weighted by Gasteiger charge is -2.04. The molecule has 106 valence electrons. The second-order valence-corrected chi connectivity index (χ2v) is 3.92. The smallest absolute Gasteiger partial charge is 0.161 e. The molecule has 0 aliphatic rings. The Bertz CT molecular complexity index is 523. The molecule has 2 aromatic carbocycles. The monoisotopic (exact) mass is 274 g/mol. The van der Waals surface area contributed by atoms with Crippen molar-refractivity contribution >= 4 is 6.29 Å². The van der Waals surface area contributed by atoms with E-state index in [9.17, 15) is 9.90 Å². The Morgan fingerprint density at radius 2 is 1.85 bits per heavy atom. The molecule has 0 atom stereocenters. The van der Waals surface area contributed by atoms with Crippen LogP contribution in [0.25, 0.3) is 0 Å². The lowest BCUT2D eigenvalue weighted by atomic mass is 10.2. The number of benzene rings is 2. The Morgan fingerprint density at radius 1 is 1.15 bits per heavy atom. The predicted molar refractivity (Wildman–Crippen MR) is 77.0 cm³/mol. The van der Waals surface area contributed by atoms with E-state index >= 15 is 0 Å². The van der Waals surface area contributed by atoms with E-state index in [-0.39, 0.29) is 12.4 Å². The Morgan fingerprint density at radius 3 is 2.35 bits per heavy atom. The maximum Gasteiger partial charge on any atom is 0.161 e. The van der Waals surface area contributed by atoms with E-state index in [4.69, 9.17) is 9.84 Å². The van der Waals surface area contributed by atoms with Gasteiger partial charge in [0.2, 0.25) is 0 Å². The molecule has 0 spiro atoms. The summed E-state index contributed by atoms with van der Waals surface area (Å²) in [6, 6.07) is 14.0. The molecule has 0 aliphatic heterocycles. The molecule has 0 aliphatic carbocycles. The lowest BCUT2D eigenvalue weighted by molar-refractivity contribution is 0.112. The molecular weight excluding hydrogens is 256 g/mol. The average Bonchev–Trinajstić information content (AvgIpc) is 2.51. The van der Waals surface area contributed by atoms with Crippen molar-refractivity contribution in [2.75, 3.05) is 6.61 Å². The number of hydrogen-bond donors (Lipinski definition) is 2. The van der Waals surface area contributed by atoms with E-state index < -0.39 is 0 Å². The van der Waals surface area contributed by atoms with Gasteiger partial charge in [0.1, 0.15) is 6.29 Å². The fourth-order valence-electron chi connectivity index (χ4n) is 1.46. The Labute approximate surface area is 118 Å². The van der Waals surface area contributed by atoms with Crippen molar-refractivity contribution in [1.29, 1.82) is 0 Å². The summed E-state index contributed by atoms with van der Waals surface area (Å²) in [4.78, 5) is 10.3. The summed E-state index contributed by atoms with van der Waals surface area (Å²) < 4.78 is 5.07. The van der Waals surface area contributed by atoms with Crippen LogP contribution in [-0.2, 0) is 6.61 Å². The Balaban J connectivity index is 0.000000217. The molecule has 4 nitrogen and oxygen atoms in total. The molecule has 4 heteroatoms. The SMILES string of the molecule is CCOc1cc(C=O)ccc1O.OCc1ccccc1. The summed E-state index contributed by atoms with van der Waals surface area (Å²) in [6.45, 7) is 2.42. The van der Waals surface area contributed by atoms with Gasteiger partial charge in [0.15, 0.2) is 11.5 Å². The fraction of sp³-hybridized carbons (Fsp3) is 0.188. The van der Waals surface area contributed by atoms with Crippen LogP contribution in [0.3, 0.4) is 0 Å². The fourth-order valence-corrected chi connectivity index (χ4v) is 1.46. The van der Waals surface area contributed by atoms with E-state index in [1.54, 1.807) is 0 Å². The zero-order chi connectivity index (χ0) is 14.8. The molecule has 0 aromatic heterocycles. The maximum atomic E-state index is 10.3. The van der Waals surface area contributed by atoms with Crippen molar-refractivity contribution in [3.63, 3.8) is 0 Å². The zero-order valence-electron chi connectivity index (χ0n) is 11.3. The van der Waals surface area contributed by atoms with Crippen LogP contribution in [0.1, 0.15) is 22.8 Å². The summed E-state index contributed by atoms with van der Waals surface area (Å²) in [5.74, 6) is 0.407. The van der Waals surface area contributed by atoms with E-state index in [0.717, 1.165) is 5.56 Å². The van der Waals surface area contributed by atoms with Gasteiger partial charge in [-0.2, -0.15) is 0 Å². The molecule has 0 radical (unpaired) electrons. The molecule has 20 heavy (non-hydrogen) atoms. The standard InChI is InChI=1S/C9H10O3.C7H8O/c1-2-12-9-5-7(6-10)3-4-8(9)11;8-6-7-4-2-1-3-5-7/h3-6,11H,2H2,1H3;1-5,8H,6H2. The third kappa shape index (κ3) is 5.12. The molecule has 0 heterocycles. The van der Waals surface area contributed by atoms with E-state index in [2.05, 4.69) is 0 Å². The number of rotatable bonds is 4. The van der Waals surface area contributed by atoms with Gasteiger partial charge in [0.25, 0.3) is 0 Å². The van der Waals surface area contributed by atoms with Crippen LogP contribution in [0.4, 0.5) is 0 Å². The maximum absolute atomic E-state index is 10.3. The Hall–Kier alpha value is -2.33. The number of carbonyl (C=O) groups excluding carboxylic acids is 1. The Kier molecular flexibility index (Phi) is 6.85. The van der Waals surface area contributed by atoms with E-state index in [0.29, 0.717) is 24.2 Å². The molecular formula is C16H18O4. The highest BCUT2D eigenvalue weighted by Crippen LogP contribution is 2.25. The van der Waals surface area contributed by atoms with Crippen LogP contribution in [0, 0.1) is 0 Å². The molecule has 0 amide bonds. The number of aromatic hydroxyl groups is 1. The summed E-state index contributed by atoms with van der Waals surface area (Å²) in [7, 11) is 0. The van der Waals surface area contributed by atoms with Gasteiger partial charge < -0.3 is 14.9 Å². The highest BCUT2D eigenvalue weighted by molar-refractivity contribution is 5.76. The van der Waals surface area contributed by atoms with Gasteiger partial charge in [-0.15, -0.1) is 0 Å². The van der Waals surface area contributed by atoms with Crippen molar-refractivity contribution in [2.24, 2.45) is 0 Å². The summed E-state index contributed by atoms with van der Waals surface area (Å²) >= 11 is 0. The number of ether oxygens (including phenoxy) is 1. The largest absolute Gasteiger partial charge is 0.504 e. The van der Waals surface area contributed by atoms with Gasteiger partial charge in [0, 0.05) is 5.56 Å². The van der Waals surface area contributed by atoms with Gasteiger partial charge in [-0.3, -0.25) is 4.79 Å². The van der Waals surface area contributed by atoms with Crippen molar-refractivity contribution in [3.05, 3.63) is 59.7 Å². The number of aliphatic hydroxyl groups is 1. The topological polar surface area (TPSA) is 66.8 Å². The first-order valence-corrected chi connectivity index (χ1v) is 6.27. The van der Waals surface area contributed by atoms with Crippen LogP contribution in [0.5, 0.6) is 11.5 Å². The molecule has 2 rings (SSSR count). The van der Waals surface area contributed by atoms with Crippen LogP contribution in [-0.4, -0.2) is 23.1 Å². The van der Waals surface area contributed by atoms with Crippen LogP contribution < -0.4 is 4.74 Å². The first-order chi connectivity index (χ1) is 9.71. The third-order valence-corrected chi connectivity index (χ3v) is 2.45. The molecule has 2 aromatic rings. The molecule has 0 saturated carbocycles. The van der Waals surface area contributed by atoms with Crippen molar-refractivity contribution in [2.45, 2.75) is 13.5 Å². The predicted octanol–water partition coefficient (Wildman–Crippen LogP) is 2.78. The van der Waals surface area contributed by atoms with Crippen molar-refractivity contribution in [3.8, 4) is 11.5 Å². The number of aldehydes is 1. The minimum Gasteiger partial charge on any atom is -0.504 e. The molecule has 0 unspecified atom stereocenters. The van der Waals surface area contributed by atoms with E-state index in [1.807, 2.05) is 37.3 Å². The van der Waals surface area contributed by atoms with Crippen LogP contribution >= 0.6 is 0 Å². The second-order valence-electron chi connectivity index (χ2n) is 3.92. The first kappa shape index (κ1) is 15.7. The molecule has 0 saturated heterocycles. The minimum atomic E-state index is 0.0578. The van der Waals surface area contributed by atoms with Gasteiger partial charge in [-0.1, -0.05) is 30.3 Å². The van der Waals surface area contributed by atoms with Gasteiger partial charge in [0.05, 0.1) is 13.2 Å². The number of aliphatic hydroxyl groups excluding tert-OH is 1. The van der Waals surface area contributed by atoms with Crippen molar-refractivity contribution in [1.82, 2.24) is 0 Å². The number of carbonyl (C=O) groups is 1. The third-order valence-electron chi connectivity index (χ3n) is 2.45. The lowest BCUT2D eigenvalue weighted by Crippen LogP contribution is -1.92. The molecule has 0 fully saturated rings. The molecule has 0 bridgehead atoms. The van der Waals surface area contributed by atoms with Gasteiger partial charge in [-0.25, -0.2) is 0 Å². The van der Waals surface area contributed by atoms with Crippen LogP contribution in [0.15, 0.2) is 48.5 Å². The second kappa shape index (κ2) is 8.72. The normalized spacial score (nSPS) is 9.30. The summed E-state index contributed by atoms with van der Waals surface area (Å²) in [6.07, 6.45) is 0.710. The average molecular weight is 274 g/mol. The number of phenols is 1. The number of phenolic OH excluding ortho intramolecular Hbond substituents is 1. The summed E-state index contributed by atoms with van der Waals surface area (Å²) in [5.41, 5.74) is 1.46. The first-order valence-electron chi connectivity index (χ1n) is 6.27.